The van der Waals surface area contributed by atoms with Crippen molar-refractivity contribution in [3.05, 3.63) is 56.9 Å². The van der Waals surface area contributed by atoms with Crippen molar-refractivity contribution in [2.45, 2.75) is 71.9 Å². The van der Waals surface area contributed by atoms with E-state index in [2.05, 4.69) is 14.7 Å². The molecule has 0 N–H and O–H groups in total. The average molecular weight is 507 g/mol. The van der Waals surface area contributed by atoms with Gasteiger partial charge < -0.3 is 14.4 Å². The van der Waals surface area contributed by atoms with Gasteiger partial charge in [-0.25, -0.2) is 9.78 Å². The second kappa shape index (κ2) is 9.25. The lowest BCUT2D eigenvalue weighted by atomic mass is 9.90. The second-order valence-electron chi connectivity index (χ2n) is 10.2. The summed E-state index contributed by atoms with van der Waals surface area (Å²) in [5.74, 6) is -0.423. The van der Waals surface area contributed by atoms with Crippen LogP contribution >= 0.6 is 0 Å². The Kier molecular flexibility index (Phi) is 6.61. The van der Waals surface area contributed by atoms with Gasteiger partial charge in [-0.05, 0) is 71.1 Å². The van der Waals surface area contributed by atoms with Crippen molar-refractivity contribution in [1.82, 2.24) is 19.4 Å². The van der Waals surface area contributed by atoms with E-state index in [4.69, 9.17) is 4.74 Å². The molecule has 0 bridgehead atoms. The van der Waals surface area contributed by atoms with Crippen LogP contribution < -0.4 is 5.56 Å². The number of amides is 1. The summed E-state index contributed by atoms with van der Waals surface area (Å²) in [4.78, 5) is 36.5. The number of aryl methyl sites for hydroxylation is 1. The van der Waals surface area contributed by atoms with E-state index >= 15 is 0 Å². The zero-order valence-corrected chi connectivity index (χ0v) is 20.9. The largest absolute Gasteiger partial charge is 0.573 e. The van der Waals surface area contributed by atoms with Gasteiger partial charge >= 0.3 is 12.5 Å². The van der Waals surface area contributed by atoms with Gasteiger partial charge in [0, 0.05) is 30.4 Å². The number of halogens is 3. The highest BCUT2D eigenvalue weighted by Gasteiger charge is 2.36. The Bertz CT molecular complexity index is 1310. The second-order valence-corrected chi connectivity index (χ2v) is 10.2. The summed E-state index contributed by atoms with van der Waals surface area (Å²) in [7, 11) is 0. The number of ether oxygens (including phenoxy) is 2. The number of fused-ring (bicyclic) bond motifs is 1. The fourth-order valence-electron chi connectivity index (χ4n) is 4.49. The predicted molar refractivity (Wildman–Crippen MR) is 126 cm³/mol. The zero-order valence-electron chi connectivity index (χ0n) is 20.9. The van der Waals surface area contributed by atoms with Gasteiger partial charge in [-0.15, -0.1) is 13.2 Å². The number of likely N-dealkylation sites (tertiary alicyclic amines) is 1. The molecule has 1 aliphatic carbocycles. The Morgan fingerprint density at radius 1 is 1.17 bits per heavy atom. The zero-order chi connectivity index (χ0) is 26.4. The molecule has 2 aromatic rings. The molecule has 0 radical (unpaired) electrons. The van der Waals surface area contributed by atoms with Gasteiger partial charge in [-0.3, -0.25) is 14.3 Å². The van der Waals surface area contributed by atoms with E-state index in [0.29, 0.717) is 53.9 Å². The SMILES string of the molecule is CC1=CC(Cn2c(=O)c(C3CCN(C(=O)OC(C)(C)C)CC3)cc3ncc(C)nc32)=C1OC(F)(F)F. The number of pyridine rings is 1. The lowest BCUT2D eigenvalue weighted by Crippen LogP contribution is -2.42. The third-order valence-electron chi connectivity index (χ3n) is 6.12. The van der Waals surface area contributed by atoms with Crippen LogP contribution in [0.5, 0.6) is 0 Å². The third kappa shape index (κ3) is 5.55. The van der Waals surface area contributed by atoms with Crippen LogP contribution in [0.4, 0.5) is 18.0 Å². The first kappa shape index (κ1) is 25.7. The maximum atomic E-state index is 13.6. The molecule has 1 fully saturated rings. The van der Waals surface area contributed by atoms with Gasteiger partial charge in [0.1, 0.15) is 16.9 Å². The minimum atomic E-state index is -4.83. The van der Waals surface area contributed by atoms with E-state index in [1.165, 1.54) is 11.5 Å². The molecule has 194 valence electrons. The summed E-state index contributed by atoms with van der Waals surface area (Å²) in [6.45, 7) is 9.38. The molecule has 0 spiro atoms. The molecule has 1 amide bonds. The molecule has 36 heavy (non-hydrogen) atoms. The number of carbonyl (C=O) groups is 1. The van der Waals surface area contributed by atoms with Gasteiger partial charge in [0.25, 0.3) is 5.56 Å². The number of piperidine rings is 1. The highest BCUT2D eigenvalue weighted by Crippen LogP contribution is 2.35. The Hall–Kier alpha value is -3.37. The summed E-state index contributed by atoms with van der Waals surface area (Å²) in [6.07, 6.45) is -0.989. The molecule has 0 aromatic carbocycles. The van der Waals surface area contributed by atoms with Crippen molar-refractivity contribution in [1.29, 1.82) is 0 Å². The van der Waals surface area contributed by atoms with Gasteiger partial charge in [-0.1, -0.05) is 0 Å². The van der Waals surface area contributed by atoms with E-state index in [9.17, 15) is 22.8 Å². The number of hydrogen-bond acceptors (Lipinski definition) is 6. The fraction of sp³-hybridized carbons (Fsp3) is 0.520. The summed E-state index contributed by atoms with van der Waals surface area (Å²) in [6, 6.07) is 1.71. The topological polar surface area (TPSA) is 86.6 Å². The van der Waals surface area contributed by atoms with Crippen LogP contribution in [0.1, 0.15) is 57.7 Å². The number of allylic oxidation sites excluding steroid dienone is 3. The highest BCUT2D eigenvalue weighted by molar-refractivity contribution is 5.72. The van der Waals surface area contributed by atoms with E-state index < -0.39 is 18.1 Å². The van der Waals surface area contributed by atoms with Gasteiger partial charge in [0.15, 0.2) is 5.65 Å². The van der Waals surface area contributed by atoms with Gasteiger partial charge in [-0.2, -0.15) is 0 Å². The molecule has 8 nitrogen and oxygen atoms in total. The van der Waals surface area contributed by atoms with Crippen molar-refractivity contribution in [2.75, 3.05) is 13.1 Å². The van der Waals surface area contributed by atoms with Crippen molar-refractivity contribution < 1.29 is 27.4 Å². The predicted octanol–water partition coefficient (Wildman–Crippen LogP) is 4.96. The van der Waals surface area contributed by atoms with Crippen LogP contribution in [0.25, 0.3) is 11.2 Å². The standard InChI is InChI=1S/C25H29F3N4O4/c1-14-10-17(20(14)35-25(26,27)28)13-32-21-19(29-12-15(2)30-21)11-18(22(32)33)16-6-8-31(9-7-16)23(34)36-24(3,4)5/h10-12,16H,6-9,13H2,1-5H3. The Labute approximate surface area is 206 Å². The van der Waals surface area contributed by atoms with Gasteiger partial charge in [0.2, 0.25) is 0 Å². The maximum Gasteiger partial charge on any atom is 0.573 e. The lowest BCUT2D eigenvalue weighted by Gasteiger charge is -2.33. The monoisotopic (exact) mass is 506 g/mol. The number of rotatable bonds is 4. The van der Waals surface area contributed by atoms with Crippen LogP contribution in [-0.4, -0.2) is 50.6 Å². The molecule has 4 rings (SSSR count). The normalized spacial score (nSPS) is 17.2. The average Bonchev–Trinajstić information content (AvgIpc) is 2.77. The molecule has 2 aromatic heterocycles. The minimum Gasteiger partial charge on any atom is -0.444 e. The summed E-state index contributed by atoms with van der Waals surface area (Å²) < 4.78 is 49.6. The Balaban J connectivity index is 1.65. The fourth-order valence-corrected chi connectivity index (χ4v) is 4.49. The molecular weight excluding hydrogens is 477 g/mol. The number of nitrogens with zero attached hydrogens (tertiary/aromatic N) is 4. The minimum absolute atomic E-state index is 0.124. The van der Waals surface area contributed by atoms with Crippen molar-refractivity contribution in [2.24, 2.45) is 0 Å². The van der Waals surface area contributed by atoms with E-state index in [1.54, 1.807) is 50.9 Å². The third-order valence-corrected chi connectivity index (χ3v) is 6.12. The molecular formula is C25H29F3N4O4. The number of hydrogen-bond donors (Lipinski definition) is 0. The Morgan fingerprint density at radius 3 is 2.42 bits per heavy atom. The van der Waals surface area contributed by atoms with Crippen LogP contribution in [-0.2, 0) is 16.0 Å². The number of carbonyl (C=O) groups excluding carboxylic acids is 1. The lowest BCUT2D eigenvalue weighted by molar-refractivity contribution is -0.304. The first-order chi connectivity index (χ1) is 16.7. The molecule has 0 atom stereocenters. The molecule has 1 aliphatic heterocycles. The maximum absolute atomic E-state index is 13.6. The first-order valence-corrected chi connectivity index (χ1v) is 11.7. The smallest absolute Gasteiger partial charge is 0.444 e. The van der Waals surface area contributed by atoms with E-state index in [0.717, 1.165) is 0 Å². The van der Waals surface area contributed by atoms with Crippen molar-refractivity contribution in [3.63, 3.8) is 0 Å². The van der Waals surface area contributed by atoms with Crippen molar-refractivity contribution >= 4 is 17.3 Å². The van der Waals surface area contributed by atoms with Crippen LogP contribution in [0.2, 0.25) is 0 Å². The van der Waals surface area contributed by atoms with Crippen LogP contribution in [0.15, 0.2) is 40.0 Å². The van der Waals surface area contributed by atoms with E-state index in [1.807, 2.05) is 0 Å². The van der Waals surface area contributed by atoms with Crippen LogP contribution in [0, 0.1) is 6.92 Å². The number of alkyl halides is 3. The molecule has 0 saturated carbocycles. The molecule has 1 saturated heterocycles. The molecule has 11 heteroatoms. The molecule has 0 unspecified atom stereocenters. The highest BCUT2D eigenvalue weighted by atomic mass is 19.4. The van der Waals surface area contributed by atoms with E-state index in [-0.39, 0.29) is 29.4 Å². The number of aromatic nitrogens is 3. The summed E-state index contributed by atoms with van der Waals surface area (Å²) >= 11 is 0. The first-order valence-electron chi connectivity index (χ1n) is 11.7. The molecule has 2 aliphatic rings. The summed E-state index contributed by atoms with van der Waals surface area (Å²) in [5.41, 5.74) is 1.53. The van der Waals surface area contributed by atoms with Gasteiger partial charge in [0.05, 0.1) is 12.2 Å². The quantitative estimate of drug-likeness (QED) is 0.582. The summed E-state index contributed by atoms with van der Waals surface area (Å²) in [5, 5.41) is 0. The Morgan fingerprint density at radius 2 is 1.83 bits per heavy atom. The van der Waals surface area contributed by atoms with Crippen LogP contribution in [0.3, 0.4) is 0 Å². The van der Waals surface area contributed by atoms with Crippen molar-refractivity contribution in [3.8, 4) is 0 Å². The molecule has 3 heterocycles.